The Kier molecular flexibility index (Phi) is 5.16. The van der Waals surface area contributed by atoms with Crippen molar-refractivity contribution < 1.29 is 18.9 Å². The maximum absolute atomic E-state index is 12.3. The van der Waals surface area contributed by atoms with Gasteiger partial charge in [0.2, 0.25) is 5.89 Å². The lowest BCUT2D eigenvalue weighted by Gasteiger charge is -2.08. The second-order valence-electron chi connectivity index (χ2n) is 7.32. The predicted molar refractivity (Wildman–Crippen MR) is 124 cm³/mol. The summed E-state index contributed by atoms with van der Waals surface area (Å²) in [5.74, 6) is 0.455. The van der Waals surface area contributed by atoms with Crippen LogP contribution in [0.2, 0.25) is 0 Å². The van der Waals surface area contributed by atoms with E-state index in [0.29, 0.717) is 22.9 Å². The quantitative estimate of drug-likeness (QED) is 0.274. The van der Waals surface area contributed by atoms with Crippen molar-refractivity contribution in [3.05, 3.63) is 95.0 Å². The molecule has 5 aromatic rings. The normalized spacial score (nSPS) is 10.9. The number of carbonyl (C=O) groups is 1. The minimum Gasteiger partial charge on any atom is -0.484 e. The number of fused-ring (bicyclic) bond motifs is 3. The molecule has 5 rings (SSSR count). The highest BCUT2D eigenvalue weighted by Crippen LogP contribution is 2.30. The average molecular weight is 439 g/mol. The molecule has 0 fully saturated rings. The van der Waals surface area contributed by atoms with Crippen molar-refractivity contribution in [1.29, 1.82) is 0 Å². The molecular weight excluding hydrogens is 422 g/mol. The van der Waals surface area contributed by atoms with Gasteiger partial charge in [0.25, 0.3) is 11.6 Å². The Balaban J connectivity index is 1.30. The molecule has 0 unspecified atom stereocenters. The molecule has 162 valence electrons. The van der Waals surface area contributed by atoms with Crippen molar-refractivity contribution in [3.63, 3.8) is 0 Å². The van der Waals surface area contributed by atoms with Gasteiger partial charge in [0.05, 0.1) is 4.92 Å². The summed E-state index contributed by atoms with van der Waals surface area (Å²) in [6.45, 7) is -0.239. The summed E-state index contributed by atoms with van der Waals surface area (Å²) in [7, 11) is 0. The van der Waals surface area contributed by atoms with Crippen LogP contribution in [0.5, 0.6) is 5.75 Å². The van der Waals surface area contributed by atoms with Gasteiger partial charge in [-0.2, -0.15) is 0 Å². The summed E-state index contributed by atoms with van der Waals surface area (Å²) < 4.78 is 11.4. The fraction of sp³-hybridized carbons (Fsp3) is 0.0400. The second kappa shape index (κ2) is 8.43. The number of carbonyl (C=O) groups excluding carboxylic acids is 1. The third-order valence-electron chi connectivity index (χ3n) is 5.09. The standard InChI is InChI=1S/C25H17N3O5/c29-23(15-32-20-11-9-19(10-12-20)28(30)31)26-18-6-3-5-17(14-18)25-27-24-21-7-2-1-4-16(21)8-13-22(24)33-25/h1-14H,15H2,(H,26,29). The Labute approximate surface area is 187 Å². The number of amides is 1. The number of nitrogens with zero attached hydrogens (tertiary/aromatic N) is 2. The second-order valence-corrected chi connectivity index (χ2v) is 7.32. The molecule has 0 atom stereocenters. The number of anilines is 1. The maximum atomic E-state index is 12.3. The molecule has 0 aliphatic heterocycles. The SMILES string of the molecule is O=C(COc1ccc([N+](=O)[O-])cc1)Nc1cccc(-c2nc3c(ccc4ccccc43)o2)c1. The molecule has 0 saturated carbocycles. The van der Waals surface area contributed by atoms with Crippen molar-refractivity contribution in [1.82, 2.24) is 4.98 Å². The lowest BCUT2D eigenvalue weighted by molar-refractivity contribution is -0.384. The van der Waals surface area contributed by atoms with E-state index in [1.54, 1.807) is 18.2 Å². The van der Waals surface area contributed by atoms with E-state index in [0.717, 1.165) is 21.9 Å². The number of non-ortho nitro benzene ring substituents is 1. The maximum Gasteiger partial charge on any atom is 0.269 e. The van der Waals surface area contributed by atoms with E-state index in [1.807, 2.05) is 42.5 Å². The van der Waals surface area contributed by atoms with Crippen LogP contribution in [-0.4, -0.2) is 22.4 Å². The number of oxazole rings is 1. The molecule has 0 bridgehead atoms. The van der Waals surface area contributed by atoms with Gasteiger partial charge in [0.1, 0.15) is 11.3 Å². The van der Waals surface area contributed by atoms with Gasteiger partial charge in [0.15, 0.2) is 12.2 Å². The van der Waals surface area contributed by atoms with Crippen LogP contribution >= 0.6 is 0 Å². The van der Waals surface area contributed by atoms with Crippen LogP contribution in [-0.2, 0) is 4.79 Å². The molecule has 1 amide bonds. The Morgan fingerprint density at radius 2 is 1.82 bits per heavy atom. The number of nitrogens with one attached hydrogen (secondary N) is 1. The van der Waals surface area contributed by atoms with Gasteiger partial charge in [-0.1, -0.05) is 36.4 Å². The Morgan fingerprint density at radius 3 is 2.64 bits per heavy atom. The van der Waals surface area contributed by atoms with Gasteiger partial charge in [-0.05, 0) is 41.8 Å². The van der Waals surface area contributed by atoms with Crippen LogP contribution in [0.3, 0.4) is 0 Å². The first-order chi connectivity index (χ1) is 16.1. The van der Waals surface area contributed by atoms with Gasteiger partial charge in [-0.3, -0.25) is 14.9 Å². The zero-order valence-corrected chi connectivity index (χ0v) is 17.2. The highest BCUT2D eigenvalue weighted by Gasteiger charge is 2.12. The van der Waals surface area contributed by atoms with E-state index in [4.69, 9.17) is 9.15 Å². The van der Waals surface area contributed by atoms with Gasteiger partial charge in [-0.25, -0.2) is 4.98 Å². The monoisotopic (exact) mass is 439 g/mol. The van der Waals surface area contributed by atoms with Crippen molar-refractivity contribution in [2.45, 2.75) is 0 Å². The Hall–Kier alpha value is -4.72. The molecule has 8 heteroatoms. The van der Waals surface area contributed by atoms with Crippen LogP contribution in [0.15, 0.2) is 89.3 Å². The number of benzene rings is 4. The van der Waals surface area contributed by atoms with E-state index >= 15 is 0 Å². The molecule has 1 heterocycles. The number of hydrogen-bond acceptors (Lipinski definition) is 6. The molecule has 1 N–H and O–H groups in total. The van der Waals surface area contributed by atoms with E-state index in [-0.39, 0.29) is 18.2 Å². The van der Waals surface area contributed by atoms with Crippen LogP contribution in [0, 0.1) is 10.1 Å². The summed E-state index contributed by atoms with van der Waals surface area (Å²) in [4.78, 5) is 27.2. The zero-order valence-electron chi connectivity index (χ0n) is 17.2. The summed E-state index contributed by atoms with van der Waals surface area (Å²) in [5, 5.41) is 15.6. The largest absolute Gasteiger partial charge is 0.484 e. The lowest BCUT2D eigenvalue weighted by atomic mass is 10.1. The third-order valence-corrected chi connectivity index (χ3v) is 5.09. The van der Waals surface area contributed by atoms with E-state index in [2.05, 4.69) is 10.3 Å². The highest BCUT2D eigenvalue weighted by molar-refractivity contribution is 6.04. The predicted octanol–water partition coefficient (Wildman–Crippen LogP) is 5.57. The summed E-state index contributed by atoms with van der Waals surface area (Å²) in [6.07, 6.45) is 0. The molecule has 1 aromatic heterocycles. The van der Waals surface area contributed by atoms with Gasteiger partial charge >= 0.3 is 0 Å². The topological polar surface area (TPSA) is 108 Å². The smallest absolute Gasteiger partial charge is 0.269 e. The molecule has 0 aliphatic carbocycles. The molecule has 8 nitrogen and oxygen atoms in total. The summed E-state index contributed by atoms with van der Waals surface area (Å²) in [6, 6.07) is 24.6. The molecule has 0 aliphatic rings. The van der Waals surface area contributed by atoms with Crippen LogP contribution in [0.1, 0.15) is 0 Å². The zero-order chi connectivity index (χ0) is 22.8. The summed E-state index contributed by atoms with van der Waals surface area (Å²) >= 11 is 0. The lowest BCUT2D eigenvalue weighted by Crippen LogP contribution is -2.20. The van der Waals surface area contributed by atoms with Crippen LogP contribution in [0.25, 0.3) is 33.3 Å². The van der Waals surface area contributed by atoms with Crippen molar-refractivity contribution in [2.75, 3.05) is 11.9 Å². The van der Waals surface area contributed by atoms with Gasteiger partial charge in [0, 0.05) is 28.8 Å². The fourth-order valence-corrected chi connectivity index (χ4v) is 3.52. The van der Waals surface area contributed by atoms with Crippen molar-refractivity contribution >= 4 is 39.2 Å². The summed E-state index contributed by atoms with van der Waals surface area (Å²) in [5.41, 5.74) is 2.72. The van der Waals surface area contributed by atoms with Gasteiger partial charge in [-0.15, -0.1) is 0 Å². The average Bonchev–Trinajstić information content (AvgIpc) is 3.28. The Bertz CT molecular complexity index is 1490. The number of ether oxygens (including phenoxy) is 1. The number of hydrogen-bond donors (Lipinski definition) is 1. The molecular formula is C25H17N3O5. The van der Waals surface area contributed by atoms with Crippen molar-refractivity contribution in [2.24, 2.45) is 0 Å². The molecule has 33 heavy (non-hydrogen) atoms. The number of aromatic nitrogens is 1. The molecule has 4 aromatic carbocycles. The molecule has 0 saturated heterocycles. The number of nitro benzene ring substituents is 1. The van der Waals surface area contributed by atoms with Crippen LogP contribution in [0.4, 0.5) is 11.4 Å². The molecule has 0 radical (unpaired) electrons. The third kappa shape index (κ3) is 4.22. The first-order valence-electron chi connectivity index (χ1n) is 10.1. The Morgan fingerprint density at radius 1 is 1.00 bits per heavy atom. The number of rotatable bonds is 6. The highest BCUT2D eigenvalue weighted by atomic mass is 16.6. The van der Waals surface area contributed by atoms with Crippen LogP contribution < -0.4 is 10.1 Å². The van der Waals surface area contributed by atoms with E-state index in [1.165, 1.54) is 24.3 Å². The van der Waals surface area contributed by atoms with Crippen molar-refractivity contribution in [3.8, 4) is 17.2 Å². The van der Waals surface area contributed by atoms with Gasteiger partial charge < -0.3 is 14.5 Å². The number of nitro groups is 1. The minimum atomic E-state index is -0.497. The molecule has 0 spiro atoms. The minimum absolute atomic E-state index is 0.0455. The first-order valence-corrected chi connectivity index (χ1v) is 10.1. The first kappa shape index (κ1) is 20.2. The van der Waals surface area contributed by atoms with E-state index < -0.39 is 4.92 Å². The fourth-order valence-electron chi connectivity index (χ4n) is 3.52. The van der Waals surface area contributed by atoms with E-state index in [9.17, 15) is 14.9 Å².